The fourth-order valence-electron chi connectivity index (χ4n) is 3.13. The summed E-state index contributed by atoms with van der Waals surface area (Å²) < 4.78 is 0. The predicted molar refractivity (Wildman–Crippen MR) is 75.8 cm³/mol. The summed E-state index contributed by atoms with van der Waals surface area (Å²) in [5, 5.41) is 0. The maximum Gasteiger partial charge on any atom is 0.140 e. The molecule has 0 amide bonds. The van der Waals surface area contributed by atoms with Crippen molar-refractivity contribution in [3.63, 3.8) is 0 Å². The van der Waals surface area contributed by atoms with Gasteiger partial charge in [0, 0.05) is 12.3 Å². The van der Waals surface area contributed by atoms with Gasteiger partial charge in [0.15, 0.2) is 0 Å². The number of carbonyl (C=O) groups excluding carboxylic acids is 1. The quantitative estimate of drug-likeness (QED) is 0.754. The van der Waals surface area contributed by atoms with Crippen molar-refractivity contribution in [1.29, 1.82) is 0 Å². The third kappa shape index (κ3) is 3.01. The summed E-state index contributed by atoms with van der Waals surface area (Å²) in [6, 6.07) is 8.58. The molecule has 2 rings (SSSR count). The molecule has 1 nitrogen and oxygen atoms in total. The number of hydrogen-bond acceptors (Lipinski definition) is 1. The van der Waals surface area contributed by atoms with E-state index in [0.29, 0.717) is 11.7 Å². The van der Waals surface area contributed by atoms with Crippen LogP contribution < -0.4 is 0 Å². The largest absolute Gasteiger partial charge is 0.299 e. The highest BCUT2D eigenvalue weighted by atomic mass is 16.1. The first-order chi connectivity index (χ1) is 8.72. The van der Waals surface area contributed by atoms with Gasteiger partial charge in [0.25, 0.3) is 0 Å². The molecule has 1 aliphatic carbocycles. The van der Waals surface area contributed by atoms with E-state index in [0.717, 1.165) is 12.8 Å². The minimum atomic E-state index is 0.172. The molecular weight excluding hydrogens is 220 g/mol. The molecule has 1 heteroatoms. The molecule has 0 heterocycles. The number of Topliss-reactive ketones (excluding diaryl/α,β-unsaturated/α-hetero) is 1. The Labute approximate surface area is 111 Å². The Bertz CT molecular complexity index is 391. The van der Waals surface area contributed by atoms with Gasteiger partial charge >= 0.3 is 0 Å². The van der Waals surface area contributed by atoms with E-state index in [1.807, 2.05) is 0 Å². The van der Waals surface area contributed by atoms with Gasteiger partial charge in [0.05, 0.1) is 0 Å². The molecule has 0 bridgehead atoms. The topological polar surface area (TPSA) is 17.1 Å². The molecule has 1 aromatic carbocycles. The molecule has 0 aliphatic heterocycles. The lowest BCUT2D eigenvalue weighted by Gasteiger charge is -2.31. The zero-order valence-corrected chi connectivity index (χ0v) is 11.6. The first kappa shape index (κ1) is 13.3. The van der Waals surface area contributed by atoms with Crippen LogP contribution in [-0.2, 0) is 4.79 Å². The van der Waals surface area contributed by atoms with E-state index in [-0.39, 0.29) is 5.92 Å². The minimum Gasteiger partial charge on any atom is -0.299 e. The Kier molecular flexibility index (Phi) is 4.57. The Morgan fingerprint density at radius 2 is 1.94 bits per heavy atom. The van der Waals surface area contributed by atoms with Crippen molar-refractivity contribution in [3.05, 3.63) is 35.4 Å². The van der Waals surface area contributed by atoms with Gasteiger partial charge in [-0.3, -0.25) is 4.79 Å². The van der Waals surface area contributed by atoms with Crippen molar-refractivity contribution in [2.24, 2.45) is 5.92 Å². The van der Waals surface area contributed by atoms with Crippen LogP contribution in [0.15, 0.2) is 24.3 Å². The van der Waals surface area contributed by atoms with Gasteiger partial charge in [-0.05, 0) is 37.7 Å². The number of ketones is 1. The van der Waals surface area contributed by atoms with Crippen molar-refractivity contribution in [1.82, 2.24) is 0 Å². The molecule has 1 fully saturated rings. The summed E-state index contributed by atoms with van der Waals surface area (Å²) in [6.45, 7) is 4.33. The smallest absolute Gasteiger partial charge is 0.140 e. The molecule has 1 aromatic rings. The first-order valence-corrected chi connectivity index (χ1v) is 7.31. The van der Waals surface area contributed by atoms with Crippen molar-refractivity contribution >= 4 is 5.78 Å². The second-order valence-electron chi connectivity index (χ2n) is 5.65. The Morgan fingerprint density at radius 1 is 1.22 bits per heavy atom. The SMILES string of the molecule is CCCC[C@@H]1CCCC(=O)[C@H]1c1ccc(C)cc1. The lowest BCUT2D eigenvalue weighted by Crippen LogP contribution is -2.26. The highest BCUT2D eigenvalue weighted by Crippen LogP contribution is 2.38. The van der Waals surface area contributed by atoms with Crippen molar-refractivity contribution in [2.45, 2.75) is 58.3 Å². The molecule has 0 radical (unpaired) electrons. The summed E-state index contributed by atoms with van der Waals surface area (Å²) in [4.78, 5) is 12.3. The van der Waals surface area contributed by atoms with Gasteiger partial charge in [-0.25, -0.2) is 0 Å². The average Bonchev–Trinajstić information content (AvgIpc) is 2.38. The Hall–Kier alpha value is -1.11. The van der Waals surface area contributed by atoms with Gasteiger partial charge < -0.3 is 0 Å². The van der Waals surface area contributed by atoms with Crippen LogP contribution in [0.4, 0.5) is 0 Å². The van der Waals surface area contributed by atoms with Gasteiger partial charge in [-0.2, -0.15) is 0 Å². The number of unbranched alkanes of at least 4 members (excludes halogenated alkanes) is 1. The van der Waals surface area contributed by atoms with Crippen LogP contribution in [0.3, 0.4) is 0 Å². The fourth-order valence-corrected chi connectivity index (χ4v) is 3.13. The third-order valence-electron chi connectivity index (χ3n) is 4.18. The van der Waals surface area contributed by atoms with Crippen LogP contribution in [0.2, 0.25) is 0 Å². The van der Waals surface area contributed by atoms with Crippen LogP contribution in [0, 0.1) is 12.8 Å². The van der Waals surface area contributed by atoms with Crippen molar-refractivity contribution in [3.8, 4) is 0 Å². The number of aryl methyl sites for hydroxylation is 1. The molecule has 98 valence electrons. The highest BCUT2D eigenvalue weighted by Gasteiger charge is 2.32. The molecule has 18 heavy (non-hydrogen) atoms. The van der Waals surface area contributed by atoms with E-state index in [1.165, 1.54) is 36.8 Å². The zero-order chi connectivity index (χ0) is 13.0. The van der Waals surface area contributed by atoms with E-state index in [9.17, 15) is 4.79 Å². The normalized spacial score (nSPS) is 24.2. The molecule has 0 unspecified atom stereocenters. The summed E-state index contributed by atoms with van der Waals surface area (Å²) in [6.07, 6.45) is 6.79. The summed E-state index contributed by atoms with van der Waals surface area (Å²) in [7, 11) is 0. The molecule has 2 atom stereocenters. The zero-order valence-electron chi connectivity index (χ0n) is 11.6. The first-order valence-electron chi connectivity index (χ1n) is 7.31. The minimum absolute atomic E-state index is 0.172. The average molecular weight is 244 g/mol. The highest BCUT2D eigenvalue weighted by molar-refractivity contribution is 5.86. The second-order valence-corrected chi connectivity index (χ2v) is 5.65. The maximum atomic E-state index is 12.3. The standard InChI is InChI=1S/C17H24O/c1-3-4-6-14-7-5-8-16(18)17(14)15-11-9-13(2)10-12-15/h9-12,14,17H,3-8H2,1-2H3/t14-,17-/m1/s1. The van der Waals surface area contributed by atoms with Crippen molar-refractivity contribution < 1.29 is 4.79 Å². The number of hydrogen-bond donors (Lipinski definition) is 0. The molecular formula is C17H24O. The fraction of sp³-hybridized carbons (Fsp3) is 0.588. The van der Waals surface area contributed by atoms with E-state index in [2.05, 4.69) is 38.1 Å². The Morgan fingerprint density at radius 3 is 2.61 bits per heavy atom. The lowest BCUT2D eigenvalue weighted by atomic mass is 9.72. The summed E-state index contributed by atoms with van der Waals surface area (Å²) >= 11 is 0. The Balaban J connectivity index is 2.18. The summed E-state index contributed by atoms with van der Waals surface area (Å²) in [5.41, 5.74) is 2.51. The van der Waals surface area contributed by atoms with Gasteiger partial charge in [0.2, 0.25) is 0 Å². The molecule has 0 spiro atoms. The molecule has 0 saturated heterocycles. The maximum absolute atomic E-state index is 12.3. The van der Waals surface area contributed by atoms with Gasteiger partial charge in [0.1, 0.15) is 5.78 Å². The van der Waals surface area contributed by atoms with Crippen LogP contribution in [0.5, 0.6) is 0 Å². The van der Waals surface area contributed by atoms with Crippen molar-refractivity contribution in [2.75, 3.05) is 0 Å². The van der Waals surface area contributed by atoms with Crippen LogP contribution in [-0.4, -0.2) is 5.78 Å². The third-order valence-corrected chi connectivity index (χ3v) is 4.18. The second kappa shape index (κ2) is 6.17. The number of benzene rings is 1. The van der Waals surface area contributed by atoms with Crippen LogP contribution >= 0.6 is 0 Å². The predicted octanol–water partition coefficient (Wildman–Crippen LogP) is 4.64. The number of rotatable bonds is 4. The molecule has 0 aromatic heterocycles. The number of carbonyl (C=O) groups is 1. The van der Waals surface area contributed by atoms with Gasteiger partial charge in [-0.1, -0.05) is 49.6 Å². The van der Waals surface area contributed by atoms with Crippen LogP contribution in [0.1, 0.15) is 62.5 Å². The van der Waals surface area contributed by atoms with E-state index < -0.39 is 0 Å². The molecule has 1 saturated carbocycles. The molecule has 0 N–H and O–H groups in total. The van der Waals surface area contributed by atoms with E-state index in [4.69, 9.17) is 0 Å². The van der Waals surface area contributed by atoms with Crippen LogP contribution in [0.25, 0.3) is 0 Å². The molecule has 1 aliphatic rings. The van der Waals surface area contributed by atoms with E-state index in [1.54, 1.807) is 0 Å². The lowest BCUT2D eigenvalue weighted by molar-refractivity contribution is -0.123. The van der Waals surface area contributed by atoms with E-state index >= 15 is 0 Å². The monoisotopic (exact) mass is 244 g/mol. The van der Waals surface area contributed by atoms with Gasteiger partial charge in [-0.15, -0.1) is 0 Å². The summed E-state index contributed by atoms with van der Waals surface area (Å²) in [5.74, 6) is 1.21.